The number of carbonyl (C=O) groups is 2. The Morgan fingerprint density at radius 2 is 0.957 bits per heavy atom. The summed E-state index contributed by atoms with van der Waals surface area (Å²) < 4.78 is 33.4. The van der Waals surface area contributed by atoms with Gasteiger partial charge in [0.05, 0.1) is 42.7 Å². The van der Waals surface area contributed by atoms with E-state index in [4.69, 9.17) is 28.4 Å². The molecule has 250 valence electrons. The highest BCUT2D eigenvalue weighted by atomic mass is 16.5. The number of fused-ring (bicyclic) bond motifs is 2. The number of rotatable bonds is 10. The Morgan fingerprint density at radius 1 is 0.553 bits per heavy atom. The van der Waals surface area contributed by atoms with Gasteiger partial charge >= 0.3 is 0 Å². The Kier molecular flexibility index (Phi) is 10.8. The minimum atomic E-state index is -0.0556. The molecule has 0 unspecified atom stereocenters. The first kappa shape index (κ1) is 33.5. The zero-order chi connectivity index (χ0) is 33.5. The number of benzene rings is 2. The molecule has 0 radical (unpaired) electrons. The second-order valence-corrected chi connectivity index (χ2v) is 11.5. The summed E-state index contributed by atoms with van der Waals surface area (Å²) >= 11 is 0. The summed E-state index contributed by atoms with van der Waals surface area (Å²) in [4.78, 5) is 30.0. The summed E-state index contributed by atoms with van der Waals surface area (Å²) in [6.45, 7) is 2.16. The Bertz CT molecular complexity index is 1520. The largest absolute Gasteiger partial charge is 0.493 e. The predicted octanol–water partition coefficient (Wildman–Crippen LogP) is 5.27. The number of hydrogen-bond donors (Lipinski definition) is 0. The van der Waals surface area contributed by atoms with Crippen LogP contribution < -0.4 is 28.4 Å². The van der Waals surface area contributed by atoms with Crippen LogP contribution in [0.15, 0.2) is 47.6 Å². The number of allylic oxidation sites excluding steroid dienone is 4. The molecule has 10 nitrogen and oxygen atoms in total. The number of methoxy groups -OCH3 is 6. The maximum Gasteiger partial charge on any atom is 0.246 e. The Hall–Kier alpha value is -4.86. The lowest BCUT2D eigenvalue weighted by Gasteiger charge is -2.22. The molecule has 2 aliphatic carbocycles. The molecule has 3 aliphatic rings. The van der Waals surface area contributed by atoms with E-state index in [0.29, 0.717) is 67.1 Å². The molecule has 0 saturated carbocycles. The van der Waals surface area contributed by atoms with E-state index in [1.54, 1.807) is 54.8 Å². The Balaban J connectivity index is 1.20. The maximum absolute atomic E-state index is 13.2. The average molecular weight is 645 g/mol. The first-order valence-corrected chi connectivity index (χ1v) is 15.8. The first-order valence-electron chi connectivity index (χ1n) is 15.8. The van der Waals surface area contributed by atoms with Crippen molar-refractivity contribution in [1.29, 1.82) is 0 Å². The molecule has 0 bridgehead atoms. The monoisotopic (exact) mass is 644 g/mol. The third-order valence-electron chi connectivity index (χ3n) is 8.94. The average Bonchev–Trinajstić information content (AvgIpc) is 3.37. The van der Waals surface area contributed by atoms with Crippen LogP contribution in [-0.4, -0.2) is 90.5 Å². The van der Waals surface area contributed by atoms with Gasteiger partial charge in [-0.1, -0.05) is 24.3 Å². The molecule has 2 amide bonds. The molecule has 2 aromatic rings. The molecule has 0 spiro atoms. The summed E-state index contributed by atoms with van der Waals surface area (Å²) in [6.07, 6.45) is 15.0. The molecular formula is C37H44N2O8. The maximum atomic E-state index is 13.2. The number of nitrogens with zero attached hydrogens (tertiary/aromatic N) is 2. The van der Waals surface area contributed by atoms with Gasteiger partial charge in [-0.15, -0.1) is 0 Å². The SMILES string of the molecule is COc1cc2c(c(OC)c1OC)CCC(/C=C/C(=O)N1CCCN(C(=O)/C=C/C3=Cc4cc(OC)c(OC)c(OC)c4CC3)CC1)=C2. The van der Waals surface area contributed by atoms with Crippen LogP contribution in [-0.2, 0) is 22.4 Å². The van der Waals surface area contributed by atoms with Gasteiger partial charge in [-0.2, -0.15) is 0 Å². The van der Waals surface area contributed by atoms with Gasteiger partial charge in [0.15, 0.2) is 23.0 Å². The van der Waals surface area contributed by atoms with Gasteiger partial charge in [-0.25, -0.2) is 0 Å². The van der Waals surface area contributed by atoms with Crippen LogP contribution in [0.25, 0.3) is 12.2 Å². The number of ether oxygens (including phenoxy) is 6. The van der Waals surface area contributed by atoms with E-state index in [0.717, 1.165) is 59.1 Å². The fourth-order valence-electron chi connectivity index (χ4n) is 6.51. The Labute approximate surface area is 276 Å². The van der Waals surface area contributed by atoms with E-state index < -0.39 is 0 Å². The van der Waals surface area contributed by atoms with E-state index in [-0.39, 0.29) is 11.8 Å². The minimum absolute atomic E-state index is 0.0556. The number of carbonyl (C=O) groups excluding carboxylic acids is 2. The van der Waals surface area contributed by atoms with E-state index in [1.165, 1.54) is 0 Å². The molecule has 1 heterocycles. The van der Waals surface area contributed by atoms with Gasteiger partial charge < -0.3 is 38.2 Å². The molecule has 0 aromatic heterocycles. The van der Waals surface area contributed by atoms with Crippen molar-refractivity contribution in [3.05, 3.63) is 69.8 Å². The number of amides is 2. The highest BCUT2D eigenvalue weighted by molar-refractivity contribution is 5.90. The van der Waals surface area contributed by atoms with E-state index in [1.807, 2.05) is 34.1 Å². The summed E-state index contributed by atoms with van der Waals surface area (Å²) in [5, 5.41) is 0. The standard InChI is InChI=1S/C37H44N2O8/c1-42-30-22-26-20-24(8-12-28(26)34(44-3)36(30)46-5)10-14-32(40)38-16-7-17-39(19-18-38)33(41)15-11-25-9-13-29-27(21-25)23-31(43-2)37(47-6)35(29)45-4/h10-11,14-15,20-23H,7-9,12-13,16-19H2,1-6H3/b14-10+,15-11+. The second kappa shape index (κ2) is 15.2. The Morgan fingerprint density at radius 3 is 1.32 bits per heavy atom. The van der Waals surface area contributed by atoms with Crippen LogP contribution in [0.4, 0.5) is 0 Å². The van der Waals surface area contributed by atoms with Crippen molar-refractivity contribution in [2.24, 2.45) is 0 Å². The molecule has 0 atom stereocenters. The fraction of sp³-hybridized carbons (Fsp3) is 0.405. The summed E-state index contributed by atoms with van der Waals surface area (Å²) in [5.41, 5.74) is 6.20. The lowest BCUT2D eigenvalue weighted by atomic mass is 9.90. The highest BCUT2D eigenvalue weighted by Crippen LogP contribution is 2.46. The molecule has 2 aromatic carbocycles. The zero-order valence-corrected chi connectivity index (χ0v) is 28.1. The zero-order valence-electron chi connectivity index (χ0n) is 28.1. The van der Waals surface area contributed by atoms with Crippen LogP contribution in [0.3, 0.4) is 0 Å². The summed E-state index contributed by atoms with van der Waals surface area (Å²) in [5.74, 6) is 3.61. The third kappa shape index (κ3) is 7.11. The normalized spacial score (nSPS) is 16.1. The van der Waals surface area contributed by atoms with Crippen molar-refractivity contribution in [2.75, 3.05) is 68.8 Å². The minimum Gasteiger partial charge on any atom is -0.493 e. The van der Waals surface area contributed by atoms with Gasteiger partial charge in [-0.3, -0.25) is 9.59 Å². The lowest BCUT2D eigenvalue weighted by molar-refractivity contribution is -0.128. The van der Waals surface area contributed by atoms with Gasteiger partial charge in [0.25, 0.3) is 0 Å². The lowest BCUT2D eigenvalue weighted by Crippen LogP contribution is -2.36. The van der Waals surface area contributed by atoms with Gasteiger partial charge in [0.1, 0.15) is 0 Å². The topological polar surface area (TPSA) is 96.0 Å². The van der Waals surface area contributed by atoms with Crippen LogP contribution >= 0.6 is 0 Å². The van der Waals surface area contributed by atoms with Crippen molar-refractivity contribution in [3.8, 4) is 34.5 Å². The van der Waals surface area contributed by atoms with E-state index in [2.05, 4.69) is 12.2 Å². The van der Waals surface area contributed by atoms with Crippen LogP contribution in [0.2, 0.25) is 0 Å². The predicted molar refractivity (Wildman–Crippen MR) is 181 cm³/mol. The molecule has 1 saturated heterocycles. The molecule has 5 rings (SSSR count). The van der Waals surface area contributed by atoms with Crippen molar-refractivity contribution < 1.29 is 38.0 Å². The van der Waals surface area contributed by atoms with Gasteiger partial charge in [0.2, 0.25) is 23.3 Å². The van der Waals surface area contributed by atoms with E-state index in [9.17, 15) is 9.59 Å². The molecule has 47 heavy (non-hydrogen) atoms. The fourth-order valence-corrected chi connectivity index (χ4v) is 6.51. The van der Waals surface area contributed by atoms with E-state index >= 15 is 0 Å². The molecule has 1 fully saturated rings. The molecule has 0 N–H and O–H groups in total. The van der Waals surface area contributed by atoms with Gasteiger partial charge in [-0.05, 0) is 66.5 Å². The summed E-state index contributed by atoms with van der Waals surface area (Å²) in [6, 6.07) is 3.88. The second-order valence-electron chi connectivity index (χ2n) is 11.5. The van der Waals surface area contributed by atoms with Crippen LogP contribution in [0, 0.1) is 0 Å². The van der Waals surface area contributed by atoms with Crippen molar-refractivity contribution in [1.82, 2.24) is 9.80 Å². The van der Waals surface area contributed by atoms with Gasteiger partial charge in [0, 0.05) is 49.5 Å². The molecule has 1 aliphatic heterocycles. The summed E-state index contributed by atoms with van der Waals surface area (Å²) in [7, 11) is 9.66. The van der Waals surface area contributed by atoms with Crippen LogP contribution in [0.1, 0.15) is 41.5 Å². The van der Waals surface area contributed by atoms with Crippen molar-refractivity contribution >= 4 is 24.0 Å². The quantitative estimate of drug-likeness (QED) is 0.323. The molecule has 10 heteroatoms. The van der Waals surface area contributed by atoms with Crippen LogP contribution in [0.5, 0.6) is 34.5 Å². The highest BCUT2D eigenvalue weighted by Gasteiger charge is 2.25. The number of hydrogen-bond acceptors (Lipinski definition) is 8. The van der Waals surface area contributed by atoms with Crippen molar-refractivity contribution in [2.45, 2.75) is 32.1 Å². The third-order valence-corrected chi connectivity index (χ3v) is 8.94. The first-order chi connectivity index (χ1) is 22.8. The molecular weight excluding hydrogens is 600 g/mol. The van der Waals surface area contributed by atoms with Crippen molar-refractivity contribution in [3.63, 3.8) is 0 Å². The smallest absolute Gasteiger partial charge is 0.246 e.